The van der Waals surface area contributed by atoms with Gasteiger partial charge in [0.05, 0.1) is 5.71 Å². The Morgan fingerprint density at radius 1 is 0.950 bits per heavy atom. The van der Waals surface area contributed by atoms with Gasteiger partial charge >= 0.3 is 0 Å². The molecule has 2 aromatic rings. The molecule has 5 nitrogen and oxygen atoms in total. The number of benzene rings is 2. The molecule has 0 aromatic heterocycles. The van der Waals surface area contributed by atoms with E-state index >= 15 is 0 Å². The smallest absolute Gasteiger partial charge is 0.253 e. The molecular weight excluding hydrogens is 252 g/mol. The maximum Gasteiger partial charge on any atom is 0.253 e. The molecule has 0 aliphatic rings. The van der Waals surface area contributed by atoms with Crippen molar-refractivity contribution < 1.29 is 5.21 Å². The highest BCUT2D eigenvalue weighted by Crippen LogP contribution is 2.11. The predicted octanol–water partition coefficient (Wildman–Crippen LogP) is 2.07. The zero-order valence-corrected chi connectivity index (χ0v) is 11.1. The quantitative estimate of drug-likeness (QED) is 0.387. The summed E-state index contributed by atoms with van der Waals surface area (Å²) in [4.78, 5) is 0. The van der Waals surface area contributed by atoms with Crippen LogP contribution in [0.25, 0.3) is 0 Å². The van der Waals surface area contributed by atoms with Crippen molar-refractivity contribution in [2.45, 2.75) is 0 Å². The number of rotatable bonds is 3. The summed E-state index contributed by atoms with van der Waals surface area (Å²) < 4.78 is 0. The highest BCUT2D eigenvalue weighted by atomic mass is 16.4. The molecule has 0 spiro atoms. The van der Waals surface area contributed by atoms with Gasteiger partial charge in [0.1, 0.15) is 0 Å². The van der Waals surface area contributed by atoms with Crippen LogP contribution in [0.5, 0.6) is 0 Å². The van der Waals surface area contributed by atoms with Gasteiger partial charge in [-0.2, -0.15) is 5.10 Å². The topological polar surface area (TPSA) is 74.2 Å². The summed E-state index contributed by atoms with van der Waals surface area (Å²) in [5, 5.41) is 17.4. The molecule has 102 valence electrons. The van der Waals surface area contributed by atoms with E-state index in [2.05, 4.69) is 10.3 Å². The first-order valence-corrected chi connectivity index (χ1v) is 6.13. The van der Waals surface area contributed by atoms with Crippen molar-refractivity contribution >= 4 is 11.7 Å². The molecule has 0 aliphatic carbocycles. The average Bonchev–Trinajstić information content (AvgIpc) is 2.53. The van der Waals surface area contributed by atoms with E-state index in [4.69, 9.17) is 10.9 Å². The van der Waals surface area contributed by atoms with Crippen LogP contribution < -0.4 is 5.73 Å². The molecule has 2 aromatic carbocycles. The second-order valence-corrected chi connectivity index (χ2v) is 4.16. The molecular formula is C15H16N4O. The van der Waals surface area contributed by atoms with Crippen LogP contribution in [0.1, 0.15) is 11.1 Å². The Hall–Kier alpha value is -2.82. The van der Waals surface area contributed by atoms with Crippen LogP contribution in [0.15, 0.2) is 70.9 Å². The molecule has 0 saturated heterocycles. The summed E-state index contributed by atoms with van der Waals surface area (Å²) in [7, 11) is 1.63. The van der Waals surface area contributed by atoms with Crippen LogP contribution in [0.4, 0.5) is 0 Å². The van der Waals surface area contributed by atoms with Gasteiger partial charge in [0.2, 0.25) is 0 Å². The Morgan fingerprint density at radius 2 is 1.40 bits per heavy atom. The number of nitrogens with zero attached hydrogens (tertiary/aromatic N) is 3. The average molecular weight is 268 g/mol. The minimum Gasteiger partial charge on any atom is -0.408 e. The molecule has 0 amide bonds. The van der Waals surface area contributed by atoms with Gasteiger partial charge in [-0.15, -0.1) is 0 Å². The summed E-state index contributed by atoms with van der Waals surface area (Å²) in [5.74, 6) is -0.0747. The summed E-state index contributed by atoms with van der Waals surface area (Å²) in [5.41, 5.74) is 8.20. The van der Waals surface area contributed by atoms with Gasteiger partial charge in [-0.3, -0.25) is 0 Å². The van der Waals surface area contributed by atoms with Crippen molar-refractivity contribution in [1.82, 2.24) is 5.01 Å². The first kappa shape index (κ1) is 13.6. The minimum atomic E-state index is -0.0747. The predicted molar refractivity (Wildman–Crippen MR) is 79.7 cm³/mol. The monoisotopic (exact) mass is 268 g/mol. The van der Waals surface area contributed by atoms with Crippen LogP contribution in [-0.2, 0) is 0 Å². The molecule has 5 heteroatoms. The first-order chi connectivity index (χ1) is 9.72. The van der Waals surface area contributed by atoms with E-state index in [1.165, 1.54) is 5.01 Å². The standard InChI is InChI=1S/C15H16N4O/c1-19(15(16)18-20)17-14(12-8-4-2-5-9-12)13-10-6-3-7-11-13/h2-11,20H,1H3,(H2,16,18). The third kappa shape index (κ3) is 3.14. The van der Waals surface area contributed by atoms with E-state index in [1.54, 1.807) is 7.05 Å². The van der Waals surface area contributed by atoms with E-state index in [0.29, 0.717) is 0 Å². The SMILES string of the molecule is CN(N=C(c1ccccc1)c1ccccc1)/C(N)=N\O. The Balaban J connectivity index is 2.48. The molecule has 20 heavy (non-hydrogen) atoms. The lowest BCUT2D eigenvalue weighted by molar-refractivity contribution is 0.306. The van der Waals surface area contributed by atoms with Crippen molar-refractivity contribution in [2.75, 3.05) is 7.05 Å². The van der Waals surface area contributed by atoms with Gasteiger partial charge in [0.25, 0.3) is 5.96 Å². The van der Waals surface area contributed by atoms with E-state index < -0.39 is 0 Å². The zero-order chi connectivity index (χ0) is 14.4. The van der Waals surface area contributed by atoms with Crippen LogP contribution >= 0.6 is 0 Å². The fourth-order valence-corrected chi connectivity index (χ4v) is 1.74. The van der Waals surface area contributed by atoms with Crippen molar-refractivity contribution in [1.29, 1.82) is 0 Å². The highest BCUT2D eigenvalue weighted by molar-refractivity contribution is 6.13. The van der Waals surface area contributed by atoms with Crippen molar-refractivity contribution in [2.24, 2.45) is 16.0 Å². The fraction of sp³-hybridized carbons (Fsp3) is 0.0667. The Morgan fingerprint density at radius 3 is 1.80 bits per heavy atom. The van der Waals surface area contributed by atoms with Crippen LogP contribution in [-0.4, -0.2) is 28.9 Å². The van der Waals surface area contributed by atoms with E-state index in [1.807, 2.05) is 60.7 Å². The maximum atomic E-state index is 8.71. The number of guanidine groups is 1. The fourth-order valence-electron chi connectivity index (χ4n) is 1.74. The number of hydrogen-bond donors (Lipinski definition) is 2. The molecule has 0 atom stereocenters. The first-order valence-electron chi connectivity index (χ1n) is 6.13. The lowest BCUT2D eigenvalue weighted by atomic mass is 10.0. The van der Waals surface area contributed by atoms with Gasteiger partial charge in [-0.05, 0) is 5.16 Å². The van der Waals surface area contributed by atoms with Gasteiger partial charge in [-0.1, -0.05) is 60.7 Å². The lowest BCUT2D eigenvalue weighted by Crippen LogP contribution is -2.31. The van der Waals surface area contributed by atoms with Crippen molar-refractivity contribution in [3.8, 4) is 0 Å². The summed E-state index contributed by atoms with van der Waals surface area (Å²) in [6, 6.07) is 19.5. The van der Waals surface area contributed by atoms with Gasteiger partial charge in [-0.25, -0.2) is 5.01 Å². The largest absolute Gasteiger partial charge is 0.408 e. The third-order valence-electron chi connectivity index (χ3n) is 2.78. The molecule has 0 fully saturated rings. The minimum absolute atomic E-state index is 0.0747. The van der Waals surface area contributed by atoms with Crippen molar-refractivity contribution in [3.63, 3.8) is 0 Å². The zero-order valence-electron chi connectivity index (χ0n) is 11.1. The summed E-state index contributed by atoms with van der Waals surface area (Å²) >= 11 is 0. The van der Waals surface area contributed by atoms with Crippen LogP contribution in [0.2, 0.25) is 0 Å². The second-order valence-electron chi connectivity index (χ2n) is 4.16. The molecule has 0 saturated carbocycles. The van der Waals surface area contributed by atoms with Crippen molar-refractivity contribution in [3.05, 3.63) is 71.8 Å². The third-order valence-corrected chi connectivity index (χ3v) is 2.78. The van der Waals surface area contributed by atoms with Crippen LogP contribution in [0.3, 0.4) is 0 Å². The number of oxime groups is 1. The van der Waals surface area contributed by atoms with E-state index in [9.17, 15) is 0 Å². The maximum absolute atomic E-state index is 8.71. The van der Waals surface area contributed by atoms with Gasteiger partial charge < -0.3 is 10.9 Å². The number of nitrogens with two attached hydrogens (primary N) is 1. The van der Waals surface area contributed by atoms with E-state index in [0.717, 1.165) is 16.8 Å². The van der Waals surface area contributed by atoms with Gasteiger partial charge in [0, 0.05) is 18.2 Å². The normalized spacial score (nSPS) is 10.9. The summed E-state index contributed by atoms with van der Waals surface area (Å²) in [6.07, 6.45) is 0. The molecule has 2 rings (SSSR count). The van der Waals surface area contributed by atoms with Gasteiger partial charge in [0.15, 0.2) is 0 Å². The molecule has 0 aliphatic heterocycles. The second kappa shape index (κ2) is 6.38. The summed E-state index contributed by atoms with van der Waals surface area (Å²) in [6.45, 7) is 0. The highest BCUT2D eigenvalue weighted by Gasteiger charge is 2.09. The Kier molecular flexibility index (Phi) is 4.34. The number of hydrazone groups is 1. The van der Waals surface area contributed by atoms with Crippen LogP contribution in [0, 0.1) is 0 Å². The van der Waals surface area contributed by atoms with E-state index in [-0.39, 0.29) is 5.96 Å². The molecule has 0 bridgehead atoms. The molecule has 0 radical (unpaired) electrons. The Bertz CT molecular complexity index is 567. The molecule has 0 heterocycles. The molecule has 3 N–H and O–H groups in total. The lowest BCUT2D eigenvalue weighted by Gasteiger charge is -2.14. The molecule has 0 unspecified atom stereocenters. The Labute approximate surface area is 117 Å². The number of hydrogen-bond acceptors (Lipinski definition) is 3.